The third-order valence-electron chi connectivity index (χ3n) is 3.74. The Morgan fingerprint density at radius 3 is 2.24 bits per heavy atom. The summed E-state index contributed by atoms with van der Waals surface area (Å²) in [6, 6.07) is 14.8. The normalized spacial score (nSPS) is 10.8. The van der Waals surface area contributed by atoms with E-state index in [0.29, 0.717) is 11.1 Å². The molecule has 0 aliphatic carbocycles. The predicted molar refractivity (Wildman–Crippen MR) is 82.8 cm³/mol. The summed E-state index contributed by atoms with van der Waals surface area (Å²) in [6.07, 6.45) is 1.73. The first-order chi connectivity index (χ1) is 10.1. The Hall–Kier alpha value is -2.68. The Balaban J connectivity index is 2.09. The largest absolute Gasteiger partial charge is 0.350 e. The Labute approximate surface area is 122 Å². The van der Waals surface area contributed by atoms with Crippen molar-refractivity contribution in [1.82, 2.24) is 4.57 Å². The van der Waals surface area contributed by atoms with Crippen LogP contribution in [0, 0.1) is 6.92 Å². The van der Waals surface area contributed by atoms with Gasteiger partial charge in [-0.3, -0.25) is 9.59 Å². The second-order valence-electron chi connectivity index (χ2n) is 5.14. The van der Waals surface area contributed by atoms with Crippen molar-refractivity contribution in [3.05, 3.63) is 71.4 Å². The van der Waals surface area contributed by atoms with Crippen molar-refractivity contribution in [2.45, 2.75) is 6.92 Å². The number of benzene rings is 2. The maximum Gasteiger partial charge on any atom is 0.235 e. The van der Waals surface area contributed by atoms with Crippen LogP contribution in [-0.2, 0) is 7.05 Å². The number of hydrogen-bond acceptors (Lipinski definition) is 2. The highest BCUT2D eigenvalue weighted by Gasteiger charge is 2.23. The summed E-state index contributed by atoms with van der Waals surface area (Å²) in [5.41, 5.74) is 2.69. The molecule has 0 aliphatic rings. The van der Waals surface area contributed by atoms with Gasteiger partial charge in [-0.25, -0.2) is 0 Å². The van der Waals surface area contributed by atoms with Crippen molar-refractivity contribution in [3.8, 4) is 0 Å². The highest BCUT2D eigenvalue weighted by Crippen LogP contribution is 2.22. The van der Waals surface area contributed by atoms with E-state index >= 15 is 0 Å². The number of fused-ring (bicyclic) bond motifs is 1. The van der Waals surface area contributed by atoms with E-state index in [4.69, 9.17) is 0 Å². The first kappa shape index (κ1) is 13.3. The summed E-state index contributed by atoms with van der Waals surface area (Å²) < 4.78 is 1.87. The highest BCUT2D eigenvalue weighted by atomic mass is 16.2. The maximum atomic E-state index is 12.6. The van der Waals surface area contributed by atoms with Gasteiger partial charge in [-0.2, -0.15) is 0 Å². The molecule has 3 aromatic rings. The second-order valence-corrected chi connectivity index (χ2v) is 5.14. The van der Waals surface area contributed by atoms with Gasteiger partial charge in [0.05, 0.1) is 5.56 Å². The number of aromatic nitrogens is 1. The van der Waals surface area contributed by atoms with Crippen LogP contribution >= 0.6 is 0 Å². The molecule has 0 saturated carbocycles. The topological polar surface area (TPSA) is 39.1 Å². The number of aryl methyl sites for hydroxylation is 2. The first-order valence-corrected chi connectivity index (χ1v) is 6.78. The van der Waals surface area contributed by atoms with Gasteiger partial charge in [0.15, 0.2) is 0 Å². The van der Waals surface area contributed by atoms with Gasteiger partial charge in [-0.1, -0.05) is 42.5 Å². The van der Waals surface area contributed by atoms with Crippen LogP contribution in [0.3, 0.4) is 0 Å². The van der Waals surface area contributed by atoms with Crippen LogP contribution in [0.25, 0.3) is 10.9 Å². The zero-order valence-electron chi connectivity index (χ0n) is 12.0. The predicted octanol–water partition coefficient (Wildman–Crippen LogP) is 3.55. The lowest BCUT2D eigenvalue weighted by Gasteiger charge is -2.03. The number of hydrogen-bond donors (Lipinski definition) is 0. The molecule has 104 valence electrons. The van der Waals surface area contributed by atoms with Crippen molar-refractivity contribution < 1.29 is 9.59 Å². The summed E-state index contributed by atoms with van der Waals surface area (Å²) in [4.78, 5) is 25.0. The molecule has 0 N–H and O–H groups in total. The number of carbonyl (C=O) groups is 2. The smallest absolute Gasteiger partial charge is 0.235 e. The molecule has 0 unspecified atom stereocenters. The molecule has 0 spiro atoms. The van der Waals surface area contributed by atoms with Gasteiger partial charge in [0.2, 0.25) is 11.6 Å². The number of nitrogens with zero attached hydrogens (tertiary/aromatic N) is 1. The van der Waals surface area contributed by atoms with Gasteiger partial charge in [0, 0.05) is 29.7 Å². The van der Waals surface area contributed by atoms with E-state index in [1.54, 1.807) is 18.3 Å². The summed E-state index contributed by atoms with van der Waals surface area (Å²) in [5, 5.41) is 0.812. The Bertz CT molecular complexity index is 859. The number of carbonyl (C=O) groups excluding carboxylic acids is 2. The average molecular weight is 277 g/mol. The number of ketones is 2. The van der Waals surface area contributed by atoms with Crippen LogP contribution in [0.1, 0.15) is 26.3 Å². The van der Waals surface area contributed by atoms with E-state index in [1.807, 2.05) is 54.9 Å². The van der Waals surface area contributed by atoms with Crippen molar-refractivity contribution in [3.63, 3.8) is 0 Å². The summed E-state index contributed by atoms with van der Waals surface area (Å²) in [6.45, 7) is 1.84. The molecule has 1 aromatic heterocycles. The van der Waals surface area contributed by atoms with Gasteiger partial charge in [-0.15, -0.1) is 0 Å². The molecule has 3 nitrogen and oxygen atoms in total. The second kappa shape index (κ2) is 5.02. The van der Waals surface area contributed by atoms with E-state index in [0.717, 1.165) is 16.5 Å². The zero-order chi connectivity index (χ0) is 15.0. The molecule has 0 atom stereocenters. The molecule has 0 saturated heterocycles. The lowest BCUT2D eigenvalue weighted by Crippen LogP contribution is -2.15. The Morgan fingerprint density at radius 1 is 0.857 bits per heavy atom. The van der Waals surface area contributed by atoms with Gasteiger partial charge >= 0.3 is 0 Å². The van der Waals surface area contributed by atoms with Crippen molar-refractivity contribution in [2.24, 2.45) is 7.05 Å². The Kier molecular flexibility index (Phi) is 3.18. The van der Waals surface area contributed by atoms with E-state index < -0.39 is 11.6 Å². The van der Waals surface area contributed by atoms with Crippen molar-refractivity contribution >= 4 is 22.5 Å². The molecule has 2 aromatic carbocycles. The molecule has 0 amide bonds. The lowest BCUT2D eigenvalue weighted by atomic mass is 9.98. The van der Waals surface area contributed by atoms with E-state index in [2.05, 4.69) is 0 Å². The van der Waals surface area contributed by atoms with Gasteiger partial charge < -0.3 is 4.57 Å². The van der Waals surface area contributed by atoms with Gasteiger partial charge in [0.25, 0.3) is 0 Å². The molecular weight excluding hydrogens is 262 g/mol. The highest BCUT2D eigenvalue weighted by molar-refractivity contribution is 6.51. The molecule has 0 fully saturated rings. The fraction of sp³-hybridized carbons (Fsp3) is 0.111. The number of para-hydroxylation sites is 1. The number of Topliss-reactive ketones (excluding diaryl/α,β-unsaturated/α-hetero) is 2. The van der Waals surface area contributed by atoms with Crippen LogP contribution in [0.5, 0.6) is 0 Å². The zero-order valence-corrected chi connectivity index (χ0v) is 12.0. The third-order valence-corrected chi connectivity index (χ3v) is 3.74. The molecule has 0 radical (unpaired) electrons. The summed E-state index contributed by atoms with van der Waals surface area (Å²) in [5.74, 6) is -0.912. The Morgan fingerprint density at radius 2 is 1.48 bits per heavy atom. The van der Waals surface area contributed by atoms with Crippen LogP contribution in [0.4, 0.5) is 0 Å². The van der Waals surface area contributed by atoms with E-state index in [1.165, 1.54) is 0 Å². The fourth-order valence-electron chi connectivity index (χ4n) is 2.59. The van der Waals surface area contributed by atoms with Gasteiger partial charge in [-0.05, 0) is 18.6 Å². The van der Waals surface area contributed by atoms with Gasteiger partial charge in [0.1, 0.15) is 0 Å². The SMILES string of the molecule is Cc1ccccc1C(=O)C(=O)c1cn(C)c2ccccc12. The van der Waals surface area contributed by atoms with Crippen LogP contribution in [-0.4, -0.2) is 16.1 Å². The summed E-state index contributed by atoms with van der Waals surface area (Å²) in [7, 11) is 1.87. The minimum absolute atomic E-state index is 0.454. The van der Waals surface area contributed by atoms with Crippen molar-refractivity contribution in [2.75, 3.05) is 0 Å². The molecule has 21 heavy (non-hydrogen) atoms. The molecule has 3 rings (SSSR count). The average Bonchev–Trinajstić information content (AvgIpc) is 2.84. The summed E-state index contributed by atoms with van der Waals surface area (Å²) >= 11 is 0. The third kappa shape index (κ3) is 2.17. The number of rotatable bonds is 3. The van der Waals surface area contributed by atoms with E-state index in [-0.39, 0.29) is 0 Å². The van der Waals surface area contributed by atoms with E-state index in [9.17, 15) is 9.59 Å². The lowest BCUT2D eigenvalue weighted by molar-refractivity contribution is 0.0817. The van der Waals surface area contributed by atoms with Crippen LogP contribution in [0.15, 0.2) is 54.7 Å². The quantitative estimate of drug-likeness (QED) is 0.542. The standard InChI is InChI=1S/C18H15NO2/c1-12-7-3-4-8-13(12)17(20)18(21)15-11-19(2)16-10-6-5-9-14(15)16/h3-11H,1-2H3. The minimum Gasteiger partial charge on any atom is -0.350 e. The fourth-order valence-corrected chi connectivity index (χ4v) is 2.59. The van der Waals surface area contributed by atoms with Crippen LogP contribution in [0.2, 0.25) is 0 Å². The molecule has 1 heterocycles. The minimum atomic E-state index is -0.457. The molecule has 3 heteroatoms. The maximum absolute atomic E-state index is 12.6. The molecule has 0 bridgehead atoms. The monoisotopic (exact) mass is 277 g/mol. The van der Waals surface area contributed by atoms with Crippen LogP contribution < -0.4 is 0 Å². The molecular formula is C18H15NO2. The van der Waals surface area contributed by atoms with Crippen molar-refractivity contribution in [1.29, 1.82) is 0 Å². The first-order valence-electron chi connectivity index (χ1n) is 6.78. The molecule has 0 aliphatic heterocycles.